The molecule has 1 aliphatic rings. The average molecular weight is 317 g/mol. The monoisotopic (exact) mass is 317 g/mol. The fourth-order valence-corrected chi connectivity index (χ4v) is 2.92. The summed E-state index contributed by atoms with van der Waals surface area (Å²) in [5.74, 6) is 1.01. The Balaban J connectivity index is 1.59. The van der Waals surface area contributed by atoms with Gasteiger partial charge in [0.25, 0.3) is 0 Å². The Labute approximate surface area is 135 Å². The van der Waals surface area contributed by atoms with Gasteiger partial charge in [0.15, 0.2) is 0 Å². The Bertz CT molecular complexity index is 690. The van der Waals surface area contributed by atoms with Crippen molar-refractivity contribution in [3.8, 4) is 0 Å². The van der Waals surface area contributed by atoms with Crippen molar-refractivity contribution in [1.82, 2.24) is 24.2 Å². The summed E-state index contributed by atoms with van der Waals surface area (Å²) < 4.78 is 9.60. The first-order valence-electron chi connectivity index (χ1n) is 7.92. The van der Waals surface area contributed by atoms with E-state index in [2.05, 4.69) is 10.1 Å². The highest BCUT2D eigenvalue weighted by Gasteiger charge is 2.27. The zero-order chi connectivity index (χ0) is 16.4. The number of rotatable bonds is 4. The van der Waals surface area contributed by atoms with Crippen molar-refractivity contribution in [1.29, 1.82) is 0 Å². The van der Waals surface area contributed by atoms with Gasteiger partial charge in [0.2, 0.25) is 5.91 Å². The highest BCUT2D eigenvalue weighted by atomic mass is 16.5. The van der Waals surface area contributed by atoms with Crippen molar-refractivity contribution in [2.75, 3.05) is 19.7 Å². The molecule has 0 saturated carbocycles. The third-order valence-electron chi connectivity index (χ3n) is 4.07. The van der Waals surface area contributed by atoms with Crippen molar-refractivity contribution < 1.29 is 9.53 Å². The second-order valence-corrected chi connectivity index (χ2v) is 6.02. The summed E-state index contributed by atoms with van der Waals surface area (Å²) >= 11 is 0. The molecule has 3 rings (SSSR count). The zero-order valence-electron chi connectivity index (χ0n) is 13.9. The first-order chi connectivity index (χ1) is 11.0. The van der Waals surface area contributed by atoms with E-state index in [1.807, 2.05) is 53.5 Å². The number of morpholine rings is 1. The number of aryl methyl sites for hydroxylation is 4. The summed E-state index contributed by atoms with van der Waals surface area (Å²) in [5, 5.41) is 4.31. The molecular weight excluding hydrogens is 294 g/mol. The summed E-state index contributed by atoms with van der Waals surface area (Å²) in [6.07, 6.45) is 4.17. The van der Waals surface area contributed by atoms with Crippen LogP contribution in [0.4, 0.5) is 0 Å². The first kappa shape index (κ1) is 15.7. The van der Waals surface area contributed by atoms with Crippen LogP contribution < -0.4 is 0 Å². The van der Waals surface area contributed by atoms with E-state index in [0.29, 0.717) is 32.7 Å². The van der Waals surface area contributed by atoms with Crippen LogP contribution in [0.25, 0.3) is 0 Å². The number of carbonyl (C=O) groups is 1. The number of nitrogens with zero attached hydrogens (tertiary/aromatic N) is 5. The number of ether oxygens (including phenoxy) is 1. The van der Waals surface area contributed by atoms with Crippen molar-refractivity contribution >= 4 is 5.91 Å². The molecule has 1 amide bonds. The summed E-state index contributed by atoms with van der Waals surface area (Å²) in [5.41, 5.74) is 1.93. The van der Waals surface area contributed by atoms with Gasteiger partial charge >= 0.3 is 0 Å². The largest absolute Gasteiger partial charge is 0.367 e. The van der Waals surface area contributed by atoms with Crippen molar-refractivity contribution in [3.05, 3.63) is 35.7 Å². The molecule has 2 aromatic heterocycles. The fourth-order valence-electron chi connectivity index (χ4n) is 2.92. The smallest absolute Gasteiger partial charge is 0.224 e. The molecule has 0 aliphatic carbocycles. The van der Waals surface area contributed by atoms with Gasteiger partial charge < -0.3 is 14.2 Å². The summed E-state index contributed by atoms with van der Waals surface area (Å²) in [4.78, 5) is 18.8. The van der Waals surface area contributed by atoms with Gasteiger partial charge in [0.1, 0.15) is 11.9 Å². The van der Waals surface area contributed by atoms with Gasteiger partial charge in [-0.3, -0.25) is 9.48 Å². The third kappa shape index (κ3) is 3.61. The van der Waals surface area contributed by atoms with E-state index < -0.39 is 0 Å². The summed E-state index contributed by atoms with van der Waals surface area (Å²) in [6, 6.07) is 1.94. The lowest BCUT2D eigenvalue weighted by Gasteiger charge is -2.32. The zero-order valence-corrected chi connectivity index (χ0v) is 13.9. The van der Waals surface area contributed by atoms with Gasteiger partial charge in [-0.25, -0.2) is 4.98 Å². The van der Waals surface area contributed by atoms with Crippen LogP contribution in [-0.4, -0.2) is 49.8 Å². The molecule has 0 bridgehead atoms. The Morgan fingerprint density at radius 1 is 1.39 bits per heavy atom. The number of hydrogen-bond acceptors (Lipinski definition) is 4. The molecule has 0 spiro atoms. The molecule has 7 nitrogen and oxygen atoms in total. The minimum atomic E-state index is -0.154. The summed E-state index contributed by atoms with van der Waals surface area (Å²) in [6.45, 7) is 6.25. The molecule has 0 unspecified atom stereocenters. The molecule has 1 saturated heterocycles. The second-order valence-electron chi connectivity index (χ2n) is 6.02. The molecule has 1 fully saturated rings. The van der Waals surface area contributed by atoms with Crippen LogP contribution in [0.5, 0.6) is 0 Å². The minimum absolute atomic E-state index is 0.136. The van der Waals surface area contributed by atoms with Gasteiger partial charge in [-0.2, -0.15) is 5.10 Å². The molecule has 7 heteroatoms. The van der Waals surface area contributed by atoms with Crippen LogP contribution in [-0.2, 0) is 23.1 Å². The van der Waals surface area contributed by atoms with E-state index in [1.54, 1.807) is 0 Å². The molecule has 3 heterocycles. The molecule has 1 atom stereocenters. The molecule has 0 radical (unpaired) electrons. The molecule has 23 heavy (non-hydrogen) atoms. The maximum absolute atomic E-state index is 12.4. The summed E-state index contributed by atoms with van der Waals surface area (Å²) in [7, 11) is 1.96. The van der Waals surface area contributed by atoms with E-state index in [4.69, 9.17) is 4.74 Å². The van der Waals surface area contributed by atoms with E-state index in [-0.39, 0.29) is 12.0 Å². The number of carbonyl (C=O) groups excluding carboxylic acids is 1. The van der Waals surface area contributed by atoms with E-state index in [1.165, 1.54) is 0 Å². The van der Waals surface area contributed by atoms with Crippen molar-refractivity contribution in [2.24, 2.45) is 7.05 Å². The predicted molar refractivity (Wildman–Crippen MR) is 84.8 cm³/mol. The standard InChI is InChI=1S/C16H23N5O2/c1-12-4-6-21(18-12)7-5-15(22)20-8-9-23-14(11-20)16-17-13(2)10-19(16)3/h4,6,10,14H,5,7-9,11H2,1-3H3/t14-/m0/s1. The molecule has 2 aromatic rings. The minimum Gasteiger partial charge on any atom is -0.367 e. The molecular formula is C16H23N5O2. The lowest BCUT2D eigenvalue weighted by molar-refractivity contribution is -0.139. The molecule has 1 aliphatic heterocycles. The van der Waals surface area contributed by atoms with Crippen LogP contribution in [0.2, 0.25) is 0 Å². The SMILES string of the molecule is Cc1cn(C)c([C@@H]2CN(C(=O)CCn3ccc(C)n3)CCO2)n1. The topological polar surface area (TPSA) is 65.2 Å². The van der Waals surface area contributed by atoms with E-state index >= 15 is 0 Å². The maximum Gasteiger partial charge on any atom is 0.224 e. The maximum atomic E-state index is 12.4. The molecule has 0 N–H and O–H groups in total. The number of imidazole rings is 1. The average Bonchev–Trinajstić information content (AvgIpc) is 3.10. The van der Waals surface area contributed by atoms with Crippen LogP contribution in [0.15, 0.2) is 18.5 Å². The van der Waals surface area contributed by atoms with Crippen molar-refractivity contribution in [2.45, 2.75) is 32.9 Å². The first-order valence-corrected chi connectivity index (χ1v) is 7.92. The highest BCUT2D eigenvalue weighted by molar-refractivity contribution is 5.76. The molecule has 124 valence electrons. The normalized spacial score (nSPS) is 18.4. The predicted octanol–water partition coefficient (Wildman–Crippen LogP) is 1.22. The Kier molecular flexibility index (Phi) is 4.47. The number of amides is 1. The van der Waals surface area contributed by atoms with Crippen molar-refractivity contribution in [3.63, 3.8) is 0 Å². The lowest BCUT2D eigenvalue weighted by atomic mass is 10.2. The van der Waals surface area contributed by atoms with Gasteiger partial charge in [-0.15, -0.1) is 0 Å². The number of hydrogen-bond donors (Lipinski definition) is 0. The lowest BCUT2D eigenvalue weighted by Crippen LogP contribution is -2.43. The van der Waals surface area contributed by atoms with Crippen LogP contribution in [0, 0.1) is 13.8 Å². The third-order valence-corrected chi connectivity index (χ3v) is 4.07. The van der Waals surface area contributed by atoms with Gasteiger partial charge in [-0.05, 0) is 19.9 Å². The van der Waals surface area contributed by atoms with Crippen LogP contribution >= 0.6 is 0 Å². The quantitative estimate of drug-likeness (QED) is 0.850. The Morgan fingerprint density at radius 3 is 2.87 bits per heavy atom. The Morgan fingerprint density at radius 2 is 2.22 bits per heavy atom. The Hall–Kier alpha value is -2.15. The van der Waals surface area contributed by atoms with Gasteiger partial charge in [-0.1, -0.05) is 0 Å². The number of aromatic nitrogens is 4. The van der Waals surface area contributed by atoms with Crippen LogP contribution in [0.1, 0.15) is 29.7 Å². The van der Waals surface area contributed by atoms with Gasteiger partial charge in [0.05, 0.1) is 24.5 Å². The van der Waals surface area contributed by atoms with Crippen LogP contribution in [0.3, 0.4) is 0 Å². The van der Waals surface area contributed by atoms with Gasteiger partial charge in [0, 0.05) is 39.0 Å². The van der Waals surface area contributed by atoms with E-state index in [9.17, 15) is 4.79 Å². The molecule has 0 aromatic carbocycles. The second kappa shape index (κ2) is 6.54. The van der Waals surface area contributed by atoms with E-state index in [0.717, 1.165) is 17.2 Å². The fraction of sp³-hybridized carbons (Fsp3) is 0.562. The highest BCUT2D eigenvalue weighted by Crippen LogP contribution is 2.21.